The summed E-state index contributed by atoms with van der Waals surface area (Å²) < 4.78 is 5.45. The fraction of sp³-hybridized carbons (Fsp3) is 0.500. The molecule has 1 saturated heterocycles. The van der Waals surface area contributed by atoms with Crippen molar-refractivity contribution in [3.05, 3.63) is 24.5 Å². The third-order valence-corrected chi connectivity index (χ3v) is 1.45. The van der Waals surface area contributed by atoms with Gasteiger partial charge >= 0.3 is 0 Å². The summed E-state index contributed by atoms with van der Waals surface area (Å²) in [6.45, 7) is 7.47. The van der Waals surface area contributed by atoms with Crippen molar-refractivity contribution in [2.24, 2.45) is 0 Å². The normalized spacial score (nSPS) is 19.9. The molecule has 10 heavy (non-hydrogen) atoms. The minimum atomic E-state index is 0.385. The lowest BCUT2D eigenvalue weighted by atomic mass is 10.2. The van der Waals surface area contributed by atoms with Crippen LogP contribution in [0, 0.1) is 0 Å². The lowest BCUT2D eigenvalue weighted by Crippen LogP contribution is -2.48. The maximum atomic E-state index is 5.45. The predicted molar refractivity (Wildman–Crippen MR) is 41.7 cm³/mol. The maximum absolute atomic E-state index is 5.45. The van der Waals surface area contributed by atoms with Crippen LogP contribution in [0.5, 0.6) is 0 Å². The molecule has 0 aromatic rings. The molecule has 56 valence electrons. The van der Waals surface area contributed by atoms with Crippen LogP contribution in [0.25, 0.3) is 0 Å². The molecule has 1 rings (SSSR count). The molecule has 0 bridgehead atoms. The quantitative estimate of drug-likeness (QED) is 0.466. The van der Waals surface area contributed by atoms with Crippen molar-refractivity contribution in [1.29, 1.82) is 0 Å². The van der Waals surface area contributed by atoms with Crippen LogP contribution in [0.2, 0.25) is 0 Å². The molecular formula is C8H13NO. The van der Waals surface area contributed by atoms with Crippen LogP contribution < -0.4 is 5.32 Å². The standard InChI is InChI=1S/C8H13NO/c1-3-4-7(2)10-8-5-9-6-8/h3-4,8-9H,1,5-6H2,2H3/b7-4+. The molecule has 0 unspecified atom stereocenters. The number of ether oxygens (including phenoxy) is 1. The molecule has 1 aliphatic heterocycles. The van der Waals surface area contributed by atoms with Gasteiger partial charge in [-0.05, 0) is 13.0 Å². The molecule has 1 aliphatic rings. The van der Waals surface area contributed by atoms with Crippen LogP contribution in [0.15, 0.2) is 24.5 Å². The Morgan fingerprint density at radius 2 is 2.40 bits per heavy atom. The van der Waals surface area contributed by atoms with Crippen molar-refractivity contribution in [1.82, 2.24) is 5.32 Å². The first-order valence-corrected chi connectivity index (χ1v) is 3.49. The fourth-order valence-electron chi connectivity index (χ4n) is 0.814. The van der Waals surface area contributed by atoms with E-state index >= 15 is 0 Å². The summed E-state index contributed by atoms with van der Waals surface area (Å²) >= 11 is 0. The predicted octanol–water partition coefficient (Wildman–Crippen LogP) is 1.06. The highest BCUT2D eigenvalue weighted by molar-refractivity contribution is 5.02. The Morgan fingerprint density at radius 1 is 1.70 bits per heavy atom. The Hall–Kier alpha value is -0.760. The van der Waals surface area contributed by atoms with Crippen molar-refractivity contribution >= 4 is 0 Å². The molecule has 0 spiro atoms. The molecule has 2 nitrogen and oxygen atoms in total. The van der Waals surface area contributed by atoms with Gasteiger partial charge in [-0.1, -0.05) is 12.7 Å². The van der Waals surface area contributed by atoms with Gasteiger partial charge < -0.3 is 10.1 Å². The molecule has 0 amide bonds. The van der Waals surface area contributed by atoms with E-state index in [0.29, 0.717) is 6.10 Å². The van der Waals surface area contributed by atoms with Crippen molar-refractivity contribution in [3.63, 3.8) is 0 Å². The molecule has 1 fully saturated rings. The second-order valence-electron chi connectivity index (χ2n) is 2.41. The summed E-state index contributed by atoms with van der Waals surface area (Å²) in [5.41, 5.74) is 0. The third kappa shape index (κ3) is 1.88. The lowest BCUT2D eigenvalue weighted by molar-refractivity contribution is 0.0725. The average Bonchev–Trinajstić information content (AvgIpc) is 1.80. The van der Waals surface area contributed by atoms with E-state index in [0.717, 1.165) is 18.8 Å². The van der Waals surface area contributed by atoms with Crippen molar-refractivity contribution < 1.29 is 4.74 Å². The zero-order valence-corrected chi connectivity index (χ0v) is 6.26. The van der Waals surface area contributed by atoms with E-state index in [1.54, 1.807) is 6.08 Å². The molecule has 0 aromatic heterocycles. The molecule has 0 atom stereocenters. The molecular weight excluding hydrogens is 126 g/mol. The van der Waals surface area contributed by atoms with Crippen molar-refractivity contribution in [3.8, 4) is 0 Å². The van der Waals surface area contributed by atoms with Gasteiger partial charge in [0.2, 0.25) is 0 Å². The smallest absolute Gasteiger partial charge is 0.123 e. The van der Waals surface area contributed by atoms with Gasteiger partial charge in [-0.3, -0.25) is 0 Å². The number of nitrogens with one attached hydrogen (secondary N) is 1. The van der Waals surface area contributed by atoms with Crippen molar-refractivity contribution in [2.75, 3.05) is 13.1 Å². The molecule has 0 aliphatic carbocycles. The summed E-state index contributed by atoms with van der Waals surface area (Å²) in [5, 5.41) is 3.13. The van der Waals surface area contributed by atoms with Crippen LogP contribution in [0.3, 0.4) is 0 Å². The SMILES string of the molecule is C=C/C=C(\C)OC1CNC1. The van der Waals surface area contributed by atoms with Gasteiger partial charge in [0.05, 0.1) is 5.76 Å². The van der Waals surface area contributed by atoms with Gasteiger partial charge in [0.1, 0.15) is 6.10 Å². The third-order valence-electron chi connectivity index (χ3n) is 1.45. The summed E-state index contributed by atoms with van der Waals surface area (Å²) in [4.78, 5) is 0. The Bertz CT molecular complexity index is 147. The van der Waals surface area contributed by atoms with Crippen LogP contribution >= 0.6 is 0 Å². The fourth-order valence-corrected chi connectivity index (χ4v) is 0.814. The lowest BCUT2D eigenvalue weighted by Gasteiger charge is -2.27. The van der Waals surface area contributed by atoms with Gasteiger partial charge in [0.15, 0.2) is 0 Å². The molecule has 1 N–H and O–H groups in total. The summed E-state index contributed by atoms with van der Waals surface area (Å²) in [7, 11) is 0. The van der Waals surface area contributed by atoms with E-state index in [-0.39, 0.29) is 0 Å². The van der Waals surface area contributed by atoms with Gasteiger partial charge in [-0.2, -0.15) is 0 Å². The first kappa shape index (κ1) is 7.35. The summed E-state index contributed by atoms with van der Waals surface area (Å²) in [6, 6.07) is 0. The zero-order chi connectivity index (χ0) is 7.40. The number of hydrogen-bond donors (Lipinski definition) is 1. The van der Waals surface area contributed by atoms with Gasteiger partial charge in [-0.15, -0.1) is 0 Å². The second-order valence-corrected chi connectivity index (χ2v) is 2.41. The highest BCUT2D eigenvalue weighted by Crippen LogP contribution is 2.05. The molecule has 1 heterocycles. The van der Waals surface area contributed by atoms with Gasteiger partial charge in [0, 0.05) is 13.1 Å². The Labute approximate surface area is 61.6 Å². The topological polar surface area (TPSA) is 21.3 Å². The number of allylic oxidation sites excluding steroid dienone is 3. The second kappa shape index (κ2) is 3.42. The number of hydrogen-bond acceptors (Lipinski definition) is 2. The summed E-state index contributed by atoms with van der Waals surface area (Å²) in [5.74, 6) is 0.946. The highest BCUT2D eigenvalue weighted by Gasteiger charge is 2.17. The summed E-state index contributed by atoms with van der Waals surface area (Å²) in [6.07, 6.45) is 4.00. The Kier molecular flexibility index (Phi) is 2.51. The van der Waals surface area contributed by atoms with Crippen molar-refractivity contribution in [2.45, 2.75) is 13.0 Å². The first-order valence-electron chi connectivity index (χ1n) is 3.49. The largest absolute Gasteiger partial charge is 0.492 e. The van der Waals surface area contributed by atoms with Gasteiger partial charge in [-0.25, -0.2) is 0 Å². The van der Waals surface area contributed by atoms with Crippen LogP contribution in [-0.2, 0) is 4.74 Å². The molecule has 0 radical (unpaired) electrons. The van der Waals surface area contributed by atoms with Crippen LogP contribution in [0.1, 0.15) is 6.92 Å². The van der Waals surface area contributed by atoms with E-state index < -0.39 is 0 Å². The minimum absolute atomic E-state index is 0.385. The highest BCUT2D eigenvalue weighted by atomic mass is 16.5. The van der Waals surface area contributed by atoms with E-state index in [1.807, 2.05) is 13.0 Å². The van der Waals surface area contributed by atoms with Gasteiger partial charge in [0.25, 0.3) is 0 Å². The molecule has 0 aromatic carbocycles. The average molecular weight is 139 g/mol. The van der Waals surface area contributed by atoms with Crippen LogP contribution in [0.4, 0.5) is 0 Å². The van der Waals surface area contributed by atoms with E-state index in [1.165, 1.54) is 0 Å². The Balaban J connectivity index is 2.22. The minimum Gasteiger partial charge on any atom is -0.492 e. The monoisotopic (exact) mass is 139 g/mol. The van der Waals surface area contributed by atoms with E-state index in [2.05, 4.69) is 11.9 Å². The Morgan fingerprint density at radius 3 is 2.80 bits per heavy atom. The molecule has 0 saturated carbocycles. The van der Waals surface area contributed by atoms with E-state index in [9.17, 15) is 0 Å². The zero-order valence-electron chi connectivity index (χ0n) is 6.26. The molecule has 2 heteroatoms. The van der Waals surface area contributed by atoms with Crippen LogP contribution in [-0.4, -0.2) is 19.2 Å². The van der Waals surface area contributed by atoms with E-state index in [4.69, 9.17) is 4.74 Å². The number of rotatable bonds is 3. The maximum Gasteiger partial charge on any atom is 0.123 e. The first-order chi connectivity index (χ1) is 4.83.